The van der Waals surface area contributed by atoms with Crippen molar-refractivity contribution >= 4 is 27.2 Å². The number of nitrogens with zero attached hydrogens (tertiary/aromatic N) is 1. The SMILES string of the molecule is CCCNc1cccc(-c2cccc3ccsc23)n1. The first kappa shape index (κ1) is 12.2. The van der Waals surface area contributed by atoms with Gasteiger partial charge in [-0.05, 0) is 35.4 Å². The fraction of sp³-hybridized carbons (Fsp3) is 0.188. The molecule has 2 nitrogen and oxygen atoms in total. The highest BCUT2D eigenvalue weighted by molar-refractivity contribution is 7.17. The third-order valence-corrected chi connectivity index (χ3v) is 4.02. The maximum Gasteiger partial charge on any atom is 0.126 e. The quantitative estimate of drug-likeness (QED) is 0.736. The average Bonchev–Trinajstić information content (AvgIpc) is 2.93. The van der Waals surface area contributed by atoms with E-state index in [1.165, 1.54) is 15.6 Å². The van der Waals surface area contributed by atoms with Crippen LogP contribution in [0.25, 0.3) is 21.3 Å². The molecule has 0 bridgehead atoms. The van der Waals surface area contributed by atoms with Crippen molar-refractivity contribution in [1.29, 1.82) is 0 Å². The maximum absolute atomic E-state index is 4.71. The summed E-state index contributed by atoms with van der Waals surface area (Å²) in [6, 6.07) is 14.7. The summed E-state index contributed by atoms with van der Waals surface area (Å²) in [7, 11) is 0. The molecule has 19 heavy (non-hydrogen) atoms. The lowest BCUT2D eigenvalue weighted by molar-refractivity contribution is 0.970. The van der Waals surface area contributed by atoms with Crippen LogP contribution in [0.3, 0.4) is 0 Å². The maximum atomic E-state index is 4.71. The average molecular weight is 268 g/mol. The van der Waals surface area contributed by atoms with Gasteiger partial charge in [-0.3, -0.25) is 0 Å². The molecular formula is C16H16N2S. The van der Waals surface area contributed by atoms with Gasteiger partial charge in [0.15, 0.2) is 0 Å². The number of rotatable bonds is 4. The number of hydrogen-bond donors (Lipinski definition) is 1. The summed E-state index contributed by atoms with van der Waals surface area (Å²) in [5, 5.41) is 6.76. The Morgan fingerprint density at radius 2 is 2.00 bits per heavy atom. The molecule has 0 aliphatic rings. The molecule has 0 atom stereocenters. The van der Waals surface area contributed by atoms with Gasteiger partial charge >= 0.3 is 0 Å². The Morgan fingerprint density at radius 3 is 2.89 bits per heavy atom. The molecule has 2 heterocycles. The topological polar surface area (TPSA) is 24.9 Å². The standard InChI is InChI=1S/C16H16N2S/c1-2-10-17-15-8-4-7-14(18-15)13-6-3-5-12-9-11-19-16(12)13/h3-9,11H,2,10H2,1H3,(H,17,18). The molecule has 3 heteroatoms. The van der Waals surface area contributed by atoms with Crippen LogP contribution in [0.4, 0.5) is 5.82 Å². The first-order chi connectivity index (χ1) is 9.38. The van der Waals surface area contributed by atoms with Crippen molar-refractivity contribution in [2.75, 3.05) is 11.9 Å². The molecule has 0 aliphatic heterocycles. The number of nitrogens with one attached hydrogen (secondary N) is 1. The van der Waals surface area contributed by atoms with Crippen LogP contribution in [-0.2, 0) is 0 Å². The molecule has 96 valence electrons. The third-order valence-electron chi connectivity index (χ3n) is 3.06. The van der Waals surface area contributed by atoms with Crippen molar-refractivity contribution in [3.05, 3.63) is 47.8 Å². The number of aromatic nitrogens is 1. The molecule has 0 radical (unpaired) electrons. The van der Waals surface area contributed by atoms with Crippen molar-refractivity contribution in [1.82, 2.24) is 4.98 Å². The van der Waals surface area contributed by atoms with Gasteiger partial charge in [-0.25, -0.2) is 4.98 Å². The lowest BCUT2D eigenvalue weighted by Gasteiger charge is -2.07. The van der Waals surface area contributed by atoms with Crippen molar-refractivity contribution in [3.63, 3.8) is 0 Å². The third kappa shape index (κ3) is 2.47. The van der Waals surface area contributed by atoms with Gasteiger partial charge in [0.2, 0.25) is 0 Å². The molecule has 3 rings (SSSR count). The second kappa shape index (κ2) is 5.41. The fourth-order valence-electron chi connectivity index (χ4n) is 2.13. The molecule has 0 saturated carbocycles. The van der Waals surface area contributed by atoms with Crippen LogP contribution in [-0.4, -0.2) is 11.5 Å². The van der Waals surface area contributed by atoms with Crippen LogP contribution in [0.2, 0.25) is 0 Å². The van der Waals surface area contributed by atoms with E-state index in [1.807, 2.05) is 6.07 Å². The Morgan fingerprint density at radius 1 is 1.11 bits per heavy atom. The molecular weight excluding hydrogens is 252 g/mol. The van der Waals surface area contributed by atoms with E-state index in [-0.39, 0.29) is 0 Å². The summed E-state index contributed by atoms with van der Waals surface area (Å²) < 4.78 is 1.31. The number of fused-ring (bicyclic) bond motifs is 1. The lowest BCUT2D eigenvalue weighted by Crippen LogP contribution is -2.01. The largest absolute Gasteiger partial charge is 0.370 e. The van der Waals surface area contributed by atoms with Gasteiger partial charge in [0.05, 0.1) is 5.69 Å². The summed E-state index contributed by atoms with van der Waals surface area (Å²) in [6.07, 6.45) is 1.10. The van der Waals surface area contributed by atoms with E-state index in [0.717, 1.165) is 24.5 Å². The first-order valence-corrected chi connectivity index (χ1v) is 7.44. The van der Waals surface area contributed by atoms with E-state index >= 15 is 0 Å². The molecule has 0 saturated heterocycles. The highest BCUT2D eigenvalue weighted by atomic mass is 32.1. The number of anilines is 1. The van der Waals surface area contributed by atoms with Crippen molar-refractivity contribution < 1.29 is 0 Å². The van der Waals surface area contributed by atoms with E-state index < -0.39 is 0 Å². The molecule has 2 aromatic heterocycles. The smallest absolute Gasteiger partial charge is 0.126 e. The van der Waals surface area contributed by atoms with Gasteiger partial charge in [0, 0.05) is 16.8 Å². The first-order valence-electron chi connectivity index (χ1n) is 6.56. The molecule has 1 N–H and O–H groups in total. The molecule has 0 unspecified atom stereocenters. The second-order valence-electron chi connectivity index (χ2n) is 4.48. The second-order valence-corrected chi connectivity index (χ2v) is 5.40. The molecule has 0 amide bonds. The zero-order chi connectivity index (χ0) is 13.1. The van der Waals surface area contributed by atoms with Crippen LogP contribution in [0, 0.1) is 0 Å². The minimum Gasteiger partial charge on any atom is -0.370 e. The van der Waals surface area contributed by atoms with Gasteiger partial charge in [-0.2, -0.15) is 0 Å². The Bertz CT molecular complexity index is 688. The van der Waals surface area contributed by atoms with Crippen LogP contribution >= 0.6 is 11.3 Å². The molecule has 3 aromatic rings. The highest BCUT2D eigenvalue weighted by Crippen LogP contribution is 2.31. The van der Waals surface area contributed by atoms with Crippen LogP contribution in [0.1, 0.15) is 13.3 Å². The predicted molar refractivity (Wildman–Crippen MR) is 83.8 cm³/mol. The zero-order valence-corrected chi connectivity index (χ0v) is 11.7. The molecule has 1 aromatic carbocycles. The fourth-order valence-corrected chi connectivity index (χ4v) is 3.05. The summed E-state index contributed by atoms with van der Waals surface area (Å²) in [4.78, 5) is 4.71. The van der Waals surface area contributed by atoms with Crippen molar-refractivity contribution in [2.45, 2.75) is 13.3 Å². The monoisotopic (exact) mass is 268 g/mol. The minimum atomic E-state index is 0.952. The molecule has 0 spiro atoms. The van der Waals surface area contributed by atoms with Gasteiger partial charge in [0.1, 0.15) is 5.82 Å². The normalized spacial score (nSPS) is 10.8. The van der Waals surface area contributed by atoms with Gasteiger partial charge < -0.3 is 5.32 Å². The zero-order valence-electron chi connectivity index (χ0n) is 10.9. The van der Waals surface area contributed by atoms with E-state index in [0.29, 0.717) is 0 Å². The predicted octanol–water partition coefficient (Wildman–Crippen LogP) is 4.79. The Labute approximate surface area is 117 Å². The summed E-state index contributed by atoms with van der Waals surface area (Å²) in [5.74, 6) is 0.952. The van der Waals surface area contributed by atoms with Crippen LogP contribution < -0.4 is 5.32 Å². The van der Waals surface area contributed by atoms with Gasteiger partial charge in [-0.15, -0.1) is 11.3 Å². The van der Waals surface area contributed by atoms with Crippen LogP contribution in [0.5, 0.6) is 0 Å². The van der Waals surface area contributed by atoms with E-state index in [1.54, 1.807) is 11.3 Å². The number of benzene rings is 1. The lowest BCUT2D eigenvalue weighted by atomic mass is 10.1. The van der Waals surface area contributed by atoms with Gasteiger partial charge in [0.25, 0.3) is 0 Å². The van der Waals surface area contributed by atoms with Crippen molar-refractivity contribution in [3.8, 4) is 11.3 Å². The summed E-state index contributed by atoms with van der Waals surface area (Å²) in [6.45, 7) is 3.11. The highest BCUT2D eigenvalue weighted by Gasteiger charge is 2.06. The molecule has 0 fully saturated rings. The molecule has 0 aliphatic carbocycles. The number of thiophene rings is 1. The minimum absolute atomic E-state index is 0.952. The van der Waals surface area contributed by atoms with E-state index in [4.69, 9.17) is 4.98 Å². The summed E-state index contributed by atoms with van der Waals surface area (Å²) in [5.41, 5.74) is 2.25. The van der Waals surface area contributed by atoms with Crippen molar-refractivity contribution in [2.24, 2.45) is 0 Å². The Hall–Kier alpha value is -1.87. The number of hydrogen-bond acceptors (Lipinski definition) is 3. The van der Waals surface area contributed by atoms with Gasteiger partial charge in [-0.1, -0.05) is 31.2 Å². The Balaban J connectivity index is 2.03. The van der Waals surface area contributed by atoms with E-state index in [2.05, 4.69) is 54.0 Å². The Kier molecular flexibility index (Phi) is 3.47. The van der Waals surface area contributed by atoms with E-state index in [9.17, 15) is 0 Å². The van der Waals surface area contributed by atoms with Crippen LogP contribution in [0.15, 0.2) is 47.8 Å². The summed E-state index contributed by atoms with van der Waals surface area (Å²) >= 11 is 1.77. The number of pyridine rings is 1.